The van der Waals surface area contributed by atoms with Gasteiger partial charge >= 0.3 is 0 Å². The number of furan rings is 1. The molecule has 2 N–H and O–H groups in total. The summed E-state index contributed by atoms with van der Waals surface area (Å²) in [7, 11) is -3.51. The molecule has 7 nitrogen and oxygen atoms in total. The van der Waals surface area contributed by atoms with Crippen molar-refractivity contribution in [2.75, 3.05) is 18.4 Å². The van der Waals surface area contributed by atoms with Crippen molar-refractivity contribution in [2.24, 2.45) is 0 Å². The van der Waals surface area contributed by atoms with Crippen LogP contribution in [0, 0.1) is 0 Å². The minimum Gasteiger partial charge on any atom is -0.444 e. The summed E-state index contributed by atoms with van der Waals surface area (Å²) in [4.78, 5) is 12.1. The fourth-order valence-electron chi connectivity index (χ4n) is 2.19. The van der Waals surface area contributed by atoms with E-state index in [1.165, 1.54) is 22.5 Å². The Bertz CT molecular complexity index is 890. The lowest BCUT2D eigenvalue weighted by atomic mass is 10.3. The van der Waals surface area contributed by atoms with Crippen molar-refractivity contribution in [2.45, 2.75) is 18.7 Å². The molecule has 140 valence electrons. The van der Waals surface area contributed by atoms with Gasteiger partial charge in [-0.2, -0.15) is 4.31 Å². The molecule has 0 fully saturated rings. The van der Waals surface area contributed by atoms with Crippen molar-refractivity contribution in [3.8, 4) is 0 Å². The van der Waals surface area contributed by atoms with Crippen LogP contribution < -0.4 is 10.6 Å². The van der Waals surface area contributed by atoms with Gasteiger partial charge in [-0.05, 0) is 64.5 Å². The lowest BCUT2D eigenvalue weighted by molar-refractivity contribution is 0.0949. The van der Waals surface area contributed by atoms with Crippen LogP contribution in [0.25, 0.3) is 0 Å². The molecule has 1 aromatic carbocycles. The van der Waals surface area contributed by atoms with Crippen molar-refractivity contribution in [1.29, 1.82) is 0 Å². The number of sulfonamides is 1. The van der Waals surface area contributed by atoms with E-state index >= 15 is 0 Å². The number of thiocarbonyl (C=S) groups is 1. The first kappa shape index (κ1) is 20.6. The zero-order chi connectivity index (χ0) is 19.3. The summed E-state index contributed by atoms with van der Waals surface area (Å²) < 4.78 is 31.8. The van der Waals surface area contributed by atoms with Crippen LogP contribution >= 0.6 is 28.1 Å². The summed E-state index contributed by atoms with van der Waals surface area (Å²) >= 11 is 8.20. The van der Waals surface area contributed by atoms with Gasteiger partial charge in [0.1, 0.15) is 0 Å². The third kappa shape index (κ3) is 4.91. The molecule has 26 heavy (non-hydrogen) atoms. The average Bonchev–Trinajstić information content (AvgIpc) is 3.02. The van der Waals surface area contributed by atoms with Gasteiger partial charge in [0.2, 0.25) is 10.0 Å². The average molecular weight is 460 g/mol. The van der Waals surface area contributed by atoms with E-state index in [2.05, 4.69) is 26.6 Å². The first-order valence-electron chi connectivity index (χ1n) is 7.75. The van der Waals surface area contributed by atoms with Crippen LogP contribution in [0.5, 0.6) is 0 Å². The van der Waals surface area contributed by atoms with Gasteiger partial charge in [0, 0.05) is 18.8 Å². The number of nitrogens with zero attached hydrogens (tertiary/aromatic N) is 1. The largest absolute Gasteiger partial charge is 0.444 e. The van der Waals surface area contributed by atoms with Crippen LogP contribution in [0.3, 0.4) is 0 Å². The van der Waals surface area contributed by atoms with Gasteiger partial charge in [-0.3, -0.25) is 10.1 Å². The van der Waals surface area contributed by atoms with E-state index in [1.807, 2.05) is 0 Å². The molecule has 2 aromatic rings. The Kier molecular flexibility index (Phi) is 6.93. The van der Waals surface area contributed by atoms with E-state index in [1.54, 1.807) is 32.0 Å². The summed E-state index contributed by atoms with van der Waals surface area (Å²) in [6, 6.07) is 9.25. The quantitative estimate of drug-likeness (QED) is 0.644. The molecule has 0 radical (unpaired) electrons. The lowest BCUT2D eigenvalue weighted by Crippen LogP contribution is -2.34. The van der Waals surface area contributed by atoms with Crippen LogP contribution in [0.15, 0.2) is 50.4 Å². The molecule has 0 unspecified atom stereocenters. The van der Waals surface area contributed by atoms with E-state index in [9.17, 15) is 13.2 Å². The number of amides is 1. The lowest BCUT2D eigenvalue weighted by Gasteiger charge is -2.18. The Morgan fingerprint density at radius 3 is 2.27 bits per heavy atom. The molecular weight excluding hydrogens is 442 g/mol. The van der Waals surface area contributed by atoms with Crippen molar-refractivity contribution < 1.29 is 17.6 Å². The van der Waals surface area contributed by atoms with Gasteiger partial charge in [0.05, 0.1) is 4.90 Å². The van der Waals surface area contributed by atoms with Crippen LogP contribution in [0.2, 0.25) is 0 Å². The van der Waals surface area contributed by atoms with Crippen molar-refractivity contribution in [3.05, 3.63) is 46.8 Å². The van der Waals surface area contributed by atoms with Gasteiger partial charge in [-0.25, -0.2) is 8.42 Å². The number of rotatable bonds is 6. The molecule has 0 aliphatic carbocycles. The maximum Gasteiger partial charge on any atom is 0.293 e. The topological polar surface area (TPSA) is 91.7 Å². The number of halogens is 1. The van der Waals surface area contributed by atoms with E-state index in [0.717, 1.165) is 0 Å². The minimum absolute atomic E-state index is 0.0712. The van der Waals surface area contributed by atoms with E-state index in [4.69, 9.17) is 16.6 Å². The third-order valence-corrected chi connectivity index (χ3v) is 6.17. The number of benzene rings is 1. The van der Waals surface area contributed by atoms with Gasteiger partial charge < -0.3 is 9.73 Å². The number of carbonyl (C=O) groups is 1. The monoisotopic (exact) mass is 459 g/mol. The first-order valence-corrected chi connectivity index (χ1v) is 10.4. The molecule has 0 aliphatic rings. The highest BCUT2D eigenvalue weighted by atomic mass is 79.9. The Morgan fingerprint density at radius 1 is 1.15 bits per heavy atom. The van der Waals surface area contributed by atoms with Crippen LogP contribution in [0.4, 0.5) is 5.69 Å². The highest BCUT2D eigenvalue weighted by Crippen LogP contribution is 2.18. The van der Waals surface area contributed by atoms with Crippen LogP contribution in [-0.4, -0.2) is 36.8 Å². The second-order valence-corrected chi connectivity index (χ2v) is 8.25. The van der Waals surface area contributed by atoms with Crippen molar-refractivity contribution >= 4 is 54.9 Å². The second kappa shape index (κ2) is 8.76. The maximum absolute atomic E-state index is 12.4. The molecule has 0 saturated heterocycles. The third-order valence-electron chi connectivity index (χ3n) is 3.48. The predicted molar refractivity (Wildman–Crippen MR) is 107 cm³/mol. The highest BCUT2D eigenvalue weighted by molar-refractivity contribution is 9.10. The Morgan fingerprint density at radius 2 is 1.77 bits per heavy atom. The Hall–Kier alpha value is -1.75. The molecule has 0 bridgehead atoms. The number of anilines is 1. The zero-order valence-electron chi connectivity index (χ0n) is 14.2. The van der Waals surface area contributed by atoms with Gasteiger partial charge in [-0.1, -0.05) is 13.8 Å². The van der Waals surface area contributed by atoms with Crippen molar-refractivity contribution in [3.63, 3.8) is 0 Å². The van der Waals surface area contributed by atoms with Crippen LogP contribution in [0.1, 0.15) is 24.4 Å². The second-order valence-electron chi connectivity index (χ2n) is 5.13. The highest BCUT2D eigenvalue weighted by Gasteiger charge is 2.21. The number of hydrogen-bond acceptors (Lipinski definition) is 5. The summed E-state index contributed by atoms with van der Waals surface area (Å²) in [6.45, 7) is 4.38. The Labute approximate surface area is 165 Å². The van der Waals surface area contributed by atoms with E-state index in [-0.39, 0.29) is 15.8 Å². The summed E-state index contributed by atoms with van der Waals surface area (Å²) in [5.41, 5.74) is 0.550. The van der Waals surface area contributed by atoms with Gasteiger partial charge in [0.15, 0.2) is 15.5 Å². The minimum atomic E-state index is -3.51. The number of hydrogen-bond donors (Lipinski definition) is 2. The molecule has 0 aliphatic heterocycles. The van der Waals surface area contributed by atoms with Crippen molar-refractivity contribution in [1.82, 2.24) is 9.62 Å². The standard InChI is InChI=1S/C16H18BrN3O4S2/c1-3-20(4-2)26(22,23)12-7-5-11(6-8-12)18-16(25)19-15(21)13-9-10-14(17)24-13/h5-10H,3-4H2,1-2H3,(H2,18,19,21,25). The maximum atomic E-state index is 12.4. The van der Waals surface area contributed by atoms with E-state index in [0.29, 0.717) is 23.4 Å². The summed E-state index contributed by atoms with van der Waals surface area (Å²) in [5, 5.41) is 5.37. The molecular formula is C16H18BrN3O4S2. The zero-order valence-corrected chi connectivity index (χ0v) is 17.4. The van der Waals surface area contributed by atoms with Gasteiger partial charge in [-0.15, -0.1) is 0 Å². The number of carbonyl (C=O) groups excluding carboxylic acids is 1. The summed E-state index contributed by atoms with van der Waals surface area (Å²) in [6.07, 6.45) is 0. The molecule has 1 amide bonds. The van der Waals surface area contributed by atoms with Gasteiger partial charge in [0.25, 0.3) is 5.91 Å². The fraction of sp³-hybridized carbons (Fsp3) is 0.250. The molecule has 1 heterocycles. The molecule has 0 atom stereocenters. The number of nitrogens with one attached hydrogen (secondary N) is 2. The van der Waals surface area contributed by atoms with E-state index < -0.39 is 15.9 Å². The Balaban J connectivity index is 2.02. The normalized spacial score (nSPS) is 11.4. The molecule has 0 saturated carbocycles. The SMILES string of the molecule is CCN(CC)S(=O)(=O)c1ccc(NC(=S)NC(=O)c2ccc(Br)o2)cc1. The molecule has 10 heteroatoms. The molecule has 1 aromatic heterocycles. The predicted octanol–water partition coefficient (Wildman–Crippen LogP) is 3.20. The smallest absolute Gasteiger partial charge is 0.293 e. The molecule has 0 spiro atoms. The van der Waals surface area contributed by atoms with Crippen LogP contribution in [-0.2, 0) is 10.0 Å². The molecule has 2 rings (SSSR count). The fourth-order valence-corrected chi connectivity index (χ4v) is 4.16. The first-order chi connectivity index (χ1) is 12.3. The summed E-state index contributed by atoms with van der Waals surface area (Å²) in [5.74, 6) is -0.379.